The number of primary amides is 1. The van der Waals surface area contributed by atoms with Crippen molar-refractivity contribution in [2.45, 2.75) is 0 Å². The molecule has 0 bridgehead atoms. The summed E-state index contributed by atoms with van der Waals surface area (Å²) in [4.78, 5) is 29.6. The van der Waals surface area contributed by atoms with Crippen molar-refractivity contribution in [2.24, 2.45) is 5.73 Å². The van der Waals surface area contributed by atoms with Gasteiger partial charge in [0.25, 0.3) is 11.8 Å². The molecule has 0 atom stereocenters. The molecule has 130 valence electrons. The van der Waals surface area contributed by atoms with Crippen LogP contribution >= 0.6 is 12.2 Å². The highest BCUT2D eigenvalue weighted by Crippen LogP contribution is 2.18. The van der Waals surface area contributed by atoms with E-state index in [9.17, 15) is 9.59 Å². The number of hydrogen-bond acceptors (Lipinski definition) is 7. The van der Waals surface area contributed by atoms with Crippen molar-refractivity contribution in [1.29, 1.82) is 0 Å². The summed E-state index contributed by atoms with van der Waals surface area (Å²) in [6.45, 7) is 2.26. The van der Waals surface area contributed by atoms with Crippen LogP contribution in [0.15, 0.2) is 24.3 Å². The summed E-state index contributed by atoms with van der Waals surface area (Å²) in [6.07, 6.45) is 0. The number of H-pyrrole nitrogens is 1. The van der Waals surface area contributed by atoms with Crippen molar-refractivity contribution in [1.82, 2.24) is 20.1 Å². The summed E-state index contributed by atoms with van der Waals surface area (Å²) in [5.74, 6) is -0.626. The molecule has 4 N–H and O–H groups in total. The van der Waals surface area contributed by atoms with Gasteiger partial charge in [0.1, 0.15) is 0 Å². The lowest BCUT2D eigenvalue weighted by atomic mass is 10.1. The number of morpholine rings is 1. The van der Waals surface area contributed by atoms with E-state index in [1.165, 1.54) is 0 Å². The fourth-order valence-electron chi connectivity index (χ4n) is 2.38. The number of benzene rings is 1. The Kier molecular flexibility index (Phi) is 5.00. The van der Waals surface area contributed by atoms with Gasteiger partial charge in [0.15, 0.2) is 11.5 Å². The maximum absolute atomic E-state index is 12.4. The third-order valence-corrected chi connectivity index (χ3v) is 3.81. The van der Waals surface area contributed by atoms with E-state index in [1.54, 1.807) is 29.2 Å². The van der Waals surface area contributed by atoms with E-state index in [-0.39, 0.29) is 22.2 Å². The molecule has 3 rings (SSSR count). The molecule has 2 amide bonds. The van der Waals surface area contributed by atoms with E-state index in [4.69, 9.17) is 22.7 Å². The lowest BCUT2D eigenvalue weighted by molar-refractivity contribution is 0.0303. The van der Waals surface area contributed by atoms with Gasteiger partial charge in [-0.3, -0.25) is 14.7 Å². The van der Waals surface area contributed by atoms with Crippen LogP contribution in [0.25, 0.3) is 0 Å². The molecule has 10 heteroatoms. The molecule has 1 aromatic carbocycles. The lowest BCUT2D eigenvalue weighted by Gasteiger charge is -2.26. The number of aromatic amines is 1. The molecule has 9 nitrogen and oxygen atoms in total. The van der Waals surface area contributed by atoms with Crippen LogP contribution in [-0.2, 0) is 4.74 Å². The number of amides is 2. The monoisotopic (exact) mass is 360 g/mol. The van der Waals surface area contributed by atoms with Crippen LogP contribution in [0.2, 0.25) is 0 Å². The largest absolute Gasteiger partial charge is 0.378 e. The molecular weight excluding hydrogens is 344 g/mol. The number of nitrogens with one attached hydrogen (secondary N) is 2. The molecule has 0 spiro atoms. The molecule has 0 radical (unpaired) electrons. The number of carbonyl (C=O) groups is 2. The molecular formula is C15H16N6O3S. The van der Waals surface area contributed by atoms with Gasteiger partial charge in [0.05, 0.1) is 13.2 Å². The van der Waals surface area contributed by atoms with Crippen molar-refractivity contribution < 1.29 is 14.3 Å². The molecule has 1 aliphatic heterocycles. The highest BCUT2D eigenvalue weighted by atomic mass is 32.1. The first kappa shape index (κ1) is 17.0. The molecule has 2 aromatic rings. The fourth-order valence-corrected chi connectivity index (χ4v) is 2.51. The van der Waals surface area contributed by atoms with Gasteiger partial charge >= 0.3 is 0 Å². The van der Waals surface area contributed by atoms with Crippen LogP contribution < -0.4 is 11.1 Å². The average molecular weight is 360 g/mol. The summed E-state index contributed by atoms with van der Waals surface area (Å²) in [7, 11) is 0. The second-order valence-corrected chi connectivity index (χ2v) is 5.70. The van der Waals surface area contributed by atoms with Crippen LogP contribution in [0, 0.1) is 4.77 Å². The fraction of sp³-hybridized carbons (Fsp3) is 0.267. The summed E-state index contributed by atoms with van der Waals surface area (Å²) >= 11 is 4.91. The number of rotatable bonds is 4. The summed E-state index contributed by atoms with van der Waals surface area (Å²) in [5, 5.41) is 9.13. The van der Waals surface area contributed by atoms with Gasteiger partial charge in [-0.25, -0.2) is 0 Å². The zero-order chi connectivity index (χ0) is 17.8. The van der Waals surface area contributed by atoms with Crippen molar-refractivity contribution in [2.75, 3.05) is 31.6 Å². The maximum atomic E-state index is 12.4. The van der Waals surface area contributed by atoms with Gasteiger partial charge in [-0.1, -0.05) is 0 Å². The Morgan fingerprint density at radius 3 is 2.56 bits per heavy atom. The molecule has 25 heavy (non-hydrogen) atoms. The zero-order valence-corrected chi connectivity index (χ0v) is 14.0. The average Bonchev–Trinajstić information content (AvgIpc) is 2.62. The van der Waals surface area contributed by atoms with Crippen LogP contribution in [0.3, 0.4) is 0 Å². The molecule has 1 saturated heterocycles. The number of ether oxygens (including phenoxy) is 1. The first-order valence-corrected chi connectivity index (χ1v) is 7.96. The van der Waals surface area contributed by atoms with Crippen molar-refractivity contribution in [3.05, 3.63) is 40.3 Å². The molecule has 1 aromatic heterocycles. The van der Waals surface area contributed by atoms with Crippen molar-refractivity contribution in [3.63, 3.8) is 0 Å². The maximum Gasteiger partial charge on any atom is 0.273 e. The Balaban J connectivity index is 1.77. The SMILES string of the molecule is NC(=O)c1n[nH]c(=S)nc1Nc1ccc(C(=O)N2CCOCC2)cc1. The summed E-state index contributed by atoms with van der Waals surface area (Å²) in [6, 6.07) is 6.81. The van der Waals surface area contributed by atoms with Gasteiger partial charge in [0, 0.05) is 24.3 Å². The number of carbonyl (C=O) groups excluding carboxylic acids is 2. The van der Waals surface area contributed by atoms with E-state index >= 15 is 0 Å². The molecule has 1 fully saturated rings. The lowest BCUT2D eigenvalue weighted by Crippen LogP contribution is -2.40. The van der Waals surface area contributed by atoms with Crippen LogP contribution in [0.1, 0.15) is 20.8 Å². The van der Waals surface area contributed by atoms with E-state index in [0.717, 1.165) is 0 Å². The number of nitrogens with two attached hydrogens (primary N) is 1. The van der Waals surface area contributed by atoms with Crippen molar-refractivity contribution >= 4 is 35.5 Å². The first-order chi connectivity index (χ1) is 12.0. The molecule has 0 saturated carbocycles. The minimum Gasteiger partial charge on any atom is -0.378 e. The second-order valence-electron chi connectivity index (χ2n) is 5.31. The third-order valence-electron chi connectivity index (χ3n) is 3.63. The second kappa shape index (κ2) is 7.36. The highest BCUT2D eigenvalue weighted by Gasteiger charge is 2.18. The van der Waals surface area contributed by atoms with Crippen LogP contribution in [0.4, 0.5) is 11.5 Å². The minimum atomic E-state index is -0.736. The molecule has 0 aliphatic carbocycles. The Bertz CT molecular complexity index is 845. The number of nitrogens with zero attached hydrogens (tertiary/aromatic N) is 3. The number of aromatic nitrogens is 3. The quantitative estimate of drug-likeness (QED) is 0.690. The summed E-state index contributed by atoms with van der Waals surface area (Å²) in [5.41, 5.74) is 6.41. The van der Waals surface area contributed by atoms with Gasteiger partial charge in [-0.15, -0.1) is 0 Å². The predicted octanol–water partition coefficient (Wildman–Crippen LogP) is 0.849. The number of hydrogen-bond donors (Lipinski definition) is 3. The summed E-state index contributed by atoms with van der Waals surface area (Å²) < 4.78 is 5.36. The molecule has 1 aliphatic rings. The topological polar surface area (TPSA) is 126 Å². The van der Waals surface area contributed by atoms with Crippen LogP contribution in [0.5, 0.6) is 0 Å². The highest BCUT2D eigenvalue weighted by molar-refractivity contribution is 7.71. The Morgan fingerprint density at radius 2 is 1.92 bits per heavy atom. The van der Waals surface area contributed by atoms with Gasteiger partial charge < -0.3 is 20.7 Å². The molecule has 0 unspecified atom stereocenters. The Morgan fingerprint density at radius 1 is 1.24 bits per heavy atom. The van der Waals surface area contributed by atoms with E-state index in [1.807, 2.05) is 0 Å². The van der Waals surface area contributed by atoms with Crippen LogP contribution in [-0.4, -0.2) is 58.2 Å². The Hall–Kier alpha value is -2.85. The first-order valence-electron chi connectivity index (χ1n) is 7.55. The predicted molar refractivity (Wildman–Crippen MR) is 92.2 cm³/mol. The smallest absolute Gasteiger partial charge is 0.273 e. The third kappa shape index (κ3) is 3.98. The van der Waals surface area contributed by atoms with Crippen molar-refractivity contribution in [3.8, 4) is 0 Å². The van der Waals surface area contributed by atoms with E-state index in [0.29, 0.717) is 37.6 Å². The normalized spacial score (nSPS) is 14.2. The Labute approximate surface area is 148 Å². The van der Waals surface area contributed by atoms with Gasteiger partial charge in [0.2, 0.25) is 4.77 Å². The van der Waals surface area contributed by atoms with Gasteiger partial charge in [-0.05, 0) is 36.5 Å². The molecule has 2 heterocycles. The van der Waals surface area contributed by atoms with E-state index in [2.05, 4.69) is 20.5 Å². The minimum absolute atomic E-state index is 0.0466. The van der Waals surface area contributed by atoms with Gasteiger partial charge in [-0.2, -0.15) is 10.1 Å². The zero-order valence-electron chi connectivity index (χ0n) is 13.2. The standard InChI is InChI=1S/C15H16N6O3S/c16-12(22)11-13(18-15(25)20-19-11)17-10-3-1-9(2-4-10)14(23)21-5-7-24-8-6-21/h1-4H,5-8H2,(H2,16,22)(H2,17,18,20,25). The number of anilines is 2. The van der Waals surface area contributed by atoms with E-state index < -0.39 is 5.91 Å².